The highest BCUT2D eigenvalue weighted by atomic mass is 16.4. The van der Waals surface area contributed by atoms with Crippen LogP contribution in [-0.4, -0.2) is 27.5 Å². The minimum Gasteiger partial charge on any atom is -0.481 e. The molecule has 6 heteroatoms. The van der Waals surface area contributed by atoms with Gasteiger partial charge in [-0.25, -0.2) is 4.98 Å². The van der Waals surface area contributed by atoms with Crippen molar-refractivity contribution >= 4 is 23.0 Å². The molecule has 2 aromatic rings. The summed E-state index contributed by atoms with van der Waals surface area (Å²) in [5.41, 5.74) is 1.25. The molecule has 2 unspecified atom stereocenters. The fraction of sp³-hybridized carbons (Fsp3) is 0.471. The van der Waals surface area contributed by atoms with Gasteiger partial charge in [-0.3, -0.25) is 9.59 Å². The van der Waals surface area contributed by atoms with Gasteiger partial charge in [-0.05, 0) is 38.8 Å². The maximum atomic E-state index is 12.5. The Morgan fingerprint density at radius 2 is 2.17 bits per heavy atom. The predicted molar refractivity (Wildman–Crippen MR) is 84.2 cm³/mol. The van der Waals surface area contributed by atoms with Crippen LogP contribution in [0.1, 0.15) is 48.9 Å². The third-order valence-corrected chi connectivity index (χ3v) is 4.64. The van der Waals surface area contributed by atoms with E-state index >= 15 is 0 Å². The number of hydrogen-bond donors (Lipinski definition) is 2. The first-order chi connectivity index (χ1) is 10.9. The highest BCUT2D eigenvalue weighted by Gasteiger charge is 2.42. The van der Waals surface area contributed by atoms with E-state index in [1.165, 1.54) is 0 Å². The maximum Gasteiger partial charge on any atom is 0.308 e. The zero-order chi connectivity index (χ0) is 16.6. The molecule has 6 nitrogen and oxygen atoms in total. The average molecular weight is 316 g/mol. The van der Waals surface area contributed by atoms with Gasteiger partial charge < -0.3 is 14.8 Å². The number of rotatable bonds is 3. The smallest absolute Gasteiger partial charge is 0.308 e. The third kappa shape index (κ3) is 2.93. The lowest BCUT2D eigenvalue weighted by Crippen LogP contribution is -2.55. The zero-order valence-electron chi connectivity index (χ0n) is 13.3. The summed E-state index contributed by atoms with van der Waals surface area (Å²) >= 11 is 0. The van der Waals surface area contributed by atoms with Crippen LogP contribution >= 0.6 is 0 Å². The Morgan fingerprint density at radius 3 is 2.91 bits per heavy atom. The van der Waals surface area contributed by atoms with Crippen molar-refractivity contribution in [3.8, 4) is 0 Å². The van der Waals surface area contributed by atoms with Crippen molar-refractivity contribution in [2.75, 3.05) is 0 Å². The Labute approximate surface area is 133 Å². The summed E-state index contributed by atoms with van der Waals surface area (Å²) in [5, 5.41) is 12.3. The molecule has 1 aliphatic carbocycles. The molecule has 23 heavy (non-hydrogen) atoms. The van der Waals surface area contributed by atoms with E-state index in [0.29, 0.717) is 23.9 Å². The van der Waals surface area contributed by atoms with Gasteiger partial charge in [0.05, 0.1) is 11.5 Å². The zero-order valence-corrected chi connectivity index (χ0v) is 13.3. The van der Waals surface area contributed by atoms with Crippen LogP contribution in [0.25, 0.3) is 11.1 Å². The molecule has 0 aromatic carbocycles. The molecule has 1 fully saturated rings. The quantitative estimate of drug-likeness (QED) is 0.908. The summed E-state index contributed by atoms with van der Waals surface area (Å²) in [5.74, 6) is -1.68. The summed E-state index contributed by atoms with van der Waals surface area (Å²) in [7, 11) is 0. The number of carboxylic acid groups (broad SMARTS) is 1. The van der Waals surface area contributed by atoms with E-state index in [1.807, 2.05) is 13.0 Å². The van der Waals surface area contributed by atoms with Gasteiger partial charge in [-0.1, -0.05) is 12.8 Å². The summed E-state index contributed by atoms with van der Waals surface area (Å²) in [6, 6.07) is 5.19. The predicted octanol–water partition coefficient (Wildman–Crippen LogP) is 2.90. The van der Waals surface area contributed by atoms with Crippen LogP contribution in [0.3, 0.4) is 0 Å². The third-order valence-electron chi connectivity index (χ3n) is 4.64. The van der Waals surface area contributed by atoms with Gasteiger partial charge >= 0.3 is 5.97 Å². The fourth-order valence-electron chi connectivity index (χ4n) is 3.34. The number of amides is 1. The van der Waals surface area contributed by atoms with Gasteiger partial charge in [0.1, 0.15) is 5.52 Å². The first kappa shape index (κ1) is 15.5. The van der Waals surface area contributed by atoms with Crippen LogP contribution in [0.2, 0.25) is 0 Å². The molecule has 122 valence electrons. The lowest BCUT2D eigenvalue weighted by Gasteiger charge is -2.39. The van der Waals surface area contributed by atoms with Crippen LogP contribution < -0.4 is 5.32 Å². The topological polar surface area (TPSA) is 92.4 Å². The number of aryl methyl sites for hydroxylation is 1. The number of aromatic nitrogens is 1. The lowest BCUT2D eigenvalue weighted by atomic mass is 9.74. The molecule has 0 radical (unpaired) electrons. The highest BCUT2D eigenvalue weighted by Crippen LogP contribution is 2.34. The number of furan rings is 1. The summed E-state index contributed by atoms with van der Waals surface area (Å²) in [4.78, 5) is 28.3. The molecule has 0 aliphatic heterocycles. The van der Waals surface area contributed by atoms with Crippen LogP contribution in [0, 0.1) is 12.8 Å². The minimum absolute atomic E-state index is 0.161. The second-order valence-corrected chi connectivity index (χ2v) is 6.45. The van der Waals surface area contributed by atoms with E-state index in [2.05, 4.69) is 10.3 Å². The van der Waals surface area contributed by atoms with Gasteiger partial charge in [0.2, 0.25) is 0 Å². The maximum absolute atomic E-state index is 12.5. The molecular weight excluding hydrogens is 296 g/mol. The van der Waals surface area contributed by atoms with Crippen molar-refractivity contribution in [2.24, 2.45) is 5.92 Å². The Balaban J connectivity index is 1.85. The summed E-state index contributed by atoms with van der Waals surface area (Å²) in [6.07, 6.45) is 3.00. The number of pyridine rings is 1. The van der Waals surface area contributed by atoms with Gasteiger partial charge in [0.25, 0.3) is 5.91 Å². The number of aliphatic carboxylic acids is 1. The molecule has 3 rings (SSSR count). The Bertz CT molecular complexity index is 767. The SMILES string of the molecule is Cc1ccc2oc(C(=O)NC3(C)CCCCC3C(=O)O)cc2n1. The summed E-state index contributed by atoms with van der Waals surface area (Å²) in [6.45, 7) is 3.67. The Kier molecular flexibility index (Phi) is 3.83. The first-order valence-corrected chi connectivity index (χ1v) is 7.81. The lowest BCUT2D eigenvalue weighted by molar-refractivity contribution is -0.145. The van der Waals surface area contributed by atoms with E-state index in [9.17, 15) is 14.7 Å². The van der Waals surface area contributed by atoms with Crippen molar-refractivity contribution in [3.63, 3.8) is 0 Å². The molecule has 1 amide bonds. The van der Waals surface area contributed by atoms with E-state index in [4.69, 9.17) is 4.42 Å². The van der Waals surface area contributed by atoms with Gasteiger partial charge in [-0.15, -0.1) is 0 Å². The molecule has 1 saturated carbocycles. The highest BCUT2D eigenvalue weighted by molar-refractivity contribution is 5.96. The van der Waals surface area contributed by atoms with Crippen LogP contribution in [0.15, 0.2) is 22.6 Å². The first-order valence-electron chi connectivity index (χ1n) is 7.81. The van der Waals surface area contributed by atoms with Crippen molar-refractivity contribution in [3.05, 3.63) is 29.7 Å². The molecule has 2 aromatic heterocycles. The molecule has 2 N–H and O–H groups in total. The Hall–Kier alpha value is -2.37. The van der Waals surface area contributed by atoms with Crippen molar-refractivity contribution < 1.29 is 19.1 Å². The second-order valence-electron chi connectivity index (χ2n) is 6.45. The van der Waals surface area contributed by atoms with Crippen LogP contribution in [0.5, 0.6) is 0 Å². The van der Waals surface area contributed by atoms with Crippen molar-refractivity contribution in [1.29, 1.82) is 0 Å². The number of fused-ring (bicyclic) bond motifs is 1. The van der Waals surface area contributed by atoms with Gasteiger partial charge in [0.15, 0.2) is 11.3 Å². The average Bonchev–Trinajstić information content (AvgIpc) is 2.90. The molecular formula is C17H20N2O4. The van der Waals surface area contributed by atoms with Gasteiger partial charge in [0, 0.05) is 11.8 Å². The second kappa shape index (κ2) is 5.68. The largest absolute Gasteiger partial charge is 0.481 e. The van der Waals surface area contributed by atoms with Crippen molar-refractivity contribution in [2.45, 2.75) is 45.1 Å². The molecule has 0 saturated heterocycles. The van der Waals surface area contributed by atoms with Crippen LogP contribution in [0.4, 0.5) is 0 Å². The standard InChI is InChI=1S/C17H20N2O4/c1-10-6-7-13-12(18-10)9-14(23-13)15(20)19-17(2)8-4-3-5-11(17)16(21)22/h6-7,9,11H,3-5,8H2,1-2H3,(H,19,20)(H,21,22). The van der Waals surface area contributed by atoms with E-state index in [0.717, 1.165) is 18.5 Å². The van der Waals surface area contributed by atoms with Crippen molar-refractivity contribution in [1.82, 2.24) is 10.3 Å². The molecule has 2 atom stereocenters. The molecule has 1 aliphatic rings. The number of nitrogens with one attached hydrogen (secondary N) is 1. The number of carbonyl (C=O) groups is 2. The minimum atomic E-state index is -0.866. The number of carboxylic acids is 1. The molecule has 0 spiro atoms. The number of nitrogens with zero attached hydrogens (tertiary/aromatic N) is 1. The van der Waals surface area contributed by atoms with E-state index < -0.39 is 23.3 Å². The Morgan fingerprint density at radius 1 is 1.39 bits per heavy atom. The molecule has 2 heterocycles. The fourth-order valence-corrected chi connectivity index (χ4v) is 3.34. The van der Waals surface area contributed by atoms with E-state index in [1.54, 1.807) is 19.1 Å². The number of carbonyl (C=O) groups excluding carboxylic acids is 1. The molecule has 0 bridgehead atoms. The normalized spacial score (nSPS) is 24.5. The summed E-state index contributed by atoms with van der Waals surface area (Å²) < 4.78 is 5.55. The van der Waals surface area contributed by atoms with Gasteiger partial charge in [-0.2, -0.15) is 0 Å². The monoisotopic (exact) mass is 316 g/mol. The van der Waals surface area contributed by atoms with E-state index in [-0.39, 0.29) is 5.76 Å². The van der Waals surface area contributed by atoms with Crippen LogP contribution in [-0.2, 0) is 4.79 Å². The number of hydrogen-bond acceptors (Lipinski definition) is 4.